The van der Waals surface area contributed by atoms with Crippen LogP contribution in [0.15, 0.2) is 77.8 Å². The topological polar surface area (TPSA) is 98.9 Å². The average molecular weight is 440 g/mol. The molecule has 0 bridgehead atoms. The summed E-state index contributed by atoms with van der Waals surface area (Å²) in [6, 6.07) is 10.9. The molecule has 0 spiro atoms. The molecule has 0 aliphatic rings. The van der Waals surface area contributed by atoms with Crippen molar-refractivity contribution in [2.45, 2.75) is 12.7 Å². The van der Waals surface area contributed by atoms with Gasteiger partial charge in [-0.2, -0.15) is 13.2 Å². The van der Waals surface area contributed by atoms with Crippen LogP contribution in [0.1, 0.15) is 11.1 Å². The van der Waals surface area contributed by atoms with E-state index in [1.54, 1.807) is 18.6 Å². The molecule has 8 nitrogen and oxygen atoms in total. The van der Waals surface area contributed by atoms with Crippen LogP contribution in [-0.4, -0.2) is 21.3 Å². The van der Waals surface area contributed by atoms with Crippen LogP contribution >= 0.6 is 0 Å². The Bertz CT molecular complexity index is 1210. The molecule has 0 atom stereocenters. The van der Waals surface area contributed by atoms with Crippen LogP contribution in [0.5, 0.6) is 0 Å². The van der Waals surface area contributed by atoms with Gasteiger partial charge in [0.1, 0.15) is 0 Å². The quantitative estimate of drug-likeness (QED) is 0.453. The van der Waals surface area contributed by atoms with Gasteiger partial charge in [-0.3, -0.25) is 14.8 Å². The predicted octanol–water partition coefficient (Wildman–Crippen LogP) is 4.72. The van der Waals surface area contributed by atoms with Crippen LogP contribution in [0.3, 0.4) is 0 Å². The summed E-state index contributed by atoms with van der Waals surface area (Å²) in [4.78, 5) is 20.3. The first-order valence-corrected chi connectivity index (χ1v) is 9.28. The maximum absolute atomic E-state index is 12.8. The Hall–Kier alpha value is -4.28. The van der Waals surface area contributed by atoms with E-state index in [1.165, 1.54) is 23.0 Å². The van der Waals surface area contributed by atoms with Crippen LogP contribution in [0.25, 0.3) is 16.6 Å². The van der Waals surface area contributed by atoms with Gasteiger partial charge in [-0.1, -0.05) is 42.5 Å². The smallest absolute Gasteiger partial charge is 0.416 e. The highest BCUT2D eigenvalue weighted by Gasteiger charge is 2.30. The lowest BCUT2D eigenvalue weighted by Crippen LogP contribution is -2.35. The zero-order valence-electron chi connectivity index (χ0n) is 16.3. The van der Waals surface area contributed by atoms with Gasteiger partial charge in [0.2, 0.25) is 18.6 Å². The summed E-state index contributed by atoms with van der Waals surface area (Å²) in [7, 11) is 0. The Labute approximate surface area is 179 Å². The molecule has 32 heavy (non-hydrogen) atoms. The van der Waals surface area contributed by atoms with E-state index in [1.807, 2.05) is 24.3 Å². The number of alkyl halides is 3. The zero-order chi connectivity index (χ0) is 22.6. The molecule has 2 amide bonds. The summed E-state index contributed by atoms with van der Waals surface area (Å²) in [5.74, 6) is -0.0920. The van der Waals surface area contributed by atoms with Gasteiger partial charge >= 0.3 is 6.18 Å². The number of benzene rings is 2. The van der Waals surface area contributed by atoms with Crippen molar-refractivity contribution in [3.8, 4) is 11.3 Å². The number of carbonyl (C=O) groups is 1. The number of rotatable bonds is 5. The first kappa shape index (κ1) is 21.0. The van der Waals surface area contributed by atoms with Gasteiger partial charge in [0.05, 0.1) is 17.5 Å². The molecule has 0 aliphatic carbocycles. The average Bonchev–Trinajstić information content (AvgIpc) is 3.21. The normalized spacial score (nSPS) is 11.2. The minimum Gasteiger partial charge on any atom is -0.424 e. The Morgan fingerprint density at radius 1 is 1.12 bits per heavy atom. The van der Waals surface area contributed by atoms with Crippen LogP contribution in [0, 0.1) is 0 Å². The van der Waals surface area contributed by atoms with Gasteiger partial charge in [0, 0.05) is 23.5 Å². The van der Waals surface area contributed by atoms with E-state index in [0.29, 0.717) is 6.54 Å². The minimum absolute atomic E-state index is 0.0378. The van der Waals surface area contributed by atoms with Crippen LogP contribution in [0.4, 0.5) is 29.5 Å². The van der Waals surface area contributed by atoms with E-state index in [4.69, 9.17) is 4.52 Å². The third-order valence-electron chi connectivity index (χ3n) is 4.31. The fourth-order valence-corrected chi connectivity index (χ4v) is 2.83. The third-order valence-corrected chi connectivity index (χ3v) is 4.31. The Morgan fingerprint density at radius 3 is 2.66 bits per heavy atom. The van der Waals surface area contributed by atoms with Crippen molar-refractivity contribution in [3.63, 3.8) is 0 Å². The van der Waals surface area contributed by atoms with Crippen molar-refractivity contribution in [1.82, 2.24) is 15.2 Å². The van der Waals surface area contributed by atoms with Crippen molar-refractivity contribution in [3.05, 3.63) is 89.8 Å². The largest absolute Gasteiger partial charge is 0.424 e. The second kappa shape index (κ2) is 8.84. The summed E-state index contributed by atoms with van der Waals surface area (Å²) < 4.78 is 44.8. The molecule has 4 rings (SSSR count). The Morgan fingerprint density at radius 2 is 1.94 bits per heavy atom. The van der Waals surface area contributed by atoms with Crippen molar-refractivity contribution in [2.24, 2.45) is 0 Å². The molecule has 1 N–H and O–H groups in total. The summed E-state index contributed by atoms with van der Waals surface area (Å²) in [6.45, 7) is 0.356. The second-order valence-electron chi connectivity index (χ2n) is 6.65. The van der Waals surface area contributed by atoms with Gasteiger partial charge in [0.25, 0.3) is 0 Å². The number of aromatic nitrogens is 4. The summed E-state index contributed by atoms with van der Waals surface area (Å²) in [5, 5.41) is 9.73. The molecule has 2 aromatic carbocycles. The molecule has 0 radical (unpaired) electrons. The summed E-state index contributed by atoms with van der Waals surface area (Å²) in [5.41, 5.74) is 1.66. The van der Waals surface area contributed by atoms with Gasteiger partial charge in [0.15, 0.2) is 11.3 Å². The van der Waals surface area contributed by atoms with E-state index in [9.17, 15) is 18.0 Å². The van der Waals surface area contributed by atoms with Crippen molar-refractivity contribution in [2.75, 3.05) is 5.32 Å². The zero-order valence-corrected chi connectivity index (χ0v) is 16.3. The number of hydrogen-bond acceptors (Lipinski definition) is 5. The lowest BCUT2D eigenvalue weighted by molar-refractivity contribution is -0.754. The maximum atomic E-state index is 12.8. The molecule has 0 fully saturated rings. The van der Waals surface area contributed by atoms with Gasteiger partial charge in [-0.05, 0) is 16.4 Å². The lowest BCUT2D eigenvalue weighted by atomic mass is 10.1. The van der Waals surface area contributed by atoms with Crippen LogP contribution < -0.4 is 10.00 Å². The number of nitrogens with zero attached hydrogens (tertiary/aromatic N) is 5. The van der Waals surface area contributed by atoms with Gasteiger partial charge in [-0.15, -0.1) is 0 Å². The fourth-order valence-electron chi connectivity index (χ4n) is 2.83. The van der Waals surface area contributed by atoms with E-state index in [-0.39, 0.29) is 11.6 Å². The number of halogens is 3. The third kappa shape index (κ3) is 5.25. The second-order valence-corrected chi connectivity index (χ2v) is 6.65. The molecule has 0 unspecified atom stereocenters. The highest BCUT2D eigenvalue weighted by atomic mass is 19.4. The van der Waals surface area contributed by atoms with Crippen LogP contribution in [0.2, 0.25) is 0 Å². The lowest BCUT2D eigenvalue weighted by Gasteiger charge is -2.15. The van der Waals surface area contributed by atoms with E-state index < -0.39 is 17.8 Å². The minimum atomic E-state index is -4.51. The number of carbonyl (C=O) groups excluding carboxylic acids is 1. The molecular formula is C21H15F3N6O2. The van der Waals surface area contributed by atoms with Crippen molar-refractivity contribution < 1.29 is 27.2 Å². The van der Waals surface area contributed by atoms with E-state index in [0.717, 1.165) is 29.0 Å². The first-order valence-electron chi connectivity index (χ1n) is 9.28. The molecule has 0 saturated carbocycles. The maximum Gasteiger partial charge on any atom is 0.416 e. The molecule has 0 saturated heterocycles. The number of amides is 2. The summed E-state index contributed by atoms with van der Waals surface area (Å²) >= 11 is 0. The monoisotopic (exact) mass is 440 g/mol. The predicted molar refractivity (Wildman–Crippen MR) is 107 cm³/mol. The van der Waals surface area contributed by atoms with Gasteiger partial charge < -0.3 is 15.2 Å². The molecule has 11 heteroatoms. The summed E-state index contributed by atoms with van der Waals surface area (Å²) in [6.07, 6.45) is 1.77. The molecule has 4 aromatic rings. The SMILES string of the molecule is O=C([N-]c1c[n+](Cc2ccc(-c3cnccn3)cc2)no1)Nc1cccc(C(F)(F)F)c1. The first-order chi connectivity index (χ1) is 15.4. The highest BCUT2D eigenvalue weighted by molar-refractivity contribution is 6.03. The highest BCUT2D eigenvalue weighted by Crippen LogP contribution is 2.31. The Balaban J connectivity index is 1.35. The van der Waals surface area contributed by atoms with E-state index >= 15 is 0 Å². The number of anilines is 1. The number of hydrogen-bond donors (Lipinski definition) is 1. The number of urea groups is 1. The number of nitrogens with one attached hydrogen (secondary N) is 1. The molecule has 2 aromatic heterocycles. The van der Waals surface area contributed by atoms with Gasteiger partial charge in [-0.25, -0.2) is 0 Å². The van der Waals surface area contributed by atoms with Crippen molar-refractivity contribution >= 4 is 17.6 Å². The molecular weight excluding hydrogens is 425 g/mol. The van der Waals surface area contributed by atoms with Crippen LogP contribution in [-0.2, 0) is 12.7 Å². The molecule has 162 valence electrons. The standard InChI is InChI=1S/C21H15F3N6O2/c22-21(23,24)16-2-1-3-17(10-16)27-20(31)28-19-13-30(29-32-19)12-14-4-6-15(7-5-14)18-11-25-8-9-26-18/h1-11,13H,12H2,(H-,27,28,29,31). The van der Waals surface area contributed by atoms with E-state index in [2.05, 4.69) is 25.9 Å². The Kier molecular flexibility index (Phi) is 5.79. The van der Waals surface area contributed by atoms with Crippen molar-refractivity contribution in [1.29, 1.82) is 0 Å². The fraction of sp³-hybridized carbons (Fsp3) is 0.0952. The molecule has 0 aliphatic heterocycles. The molecule has 2 heterocycles.